The lowest BCUT2D eigenvalue weighted by Crippen LogP contribution is -2.36. The van der Waals surface area contributed by atoms with Gasteiger partial charge in [0, 0.05) is 31.5 Å². The van der Waals surface area contributed by atoms with Crippen LogP contribution in [0.3, 0.4) is 0 Å². The van der Waals surface area contributed by atoms with E-state index in [4.69, 9.17) is 15.5 Å². The third-order valence-electron chi connectivity index (χ3n) is 4.46. The highest BCUT2D eigenvalue weighted by atomic mass is 16.5. The van der Waals surface area contributed by atoms with Crippen LogP contribution >= 0.6 is 0 Å². The second-order valence-corrected chi connectivity index (χ2v) is 6.14. The molecule has 0 aliphatic heterocycles. The van der Waals surface area contributed by atoms with E-state index in [9.17, 15) is 0 Å². The Bertz CT molecular complexity index is 437. The molecule has 3 atom stereocenters. The lowest BCUT2D eigenvalue weighted by atomic mass is 9.78. The molecule has 4 nitrogen and oxygen atoms in total. The number of aromatic nitrogens is 2. The third kappa shape index (κ3) is 3.36. The van der Waals surface area contributed by atoms with Gasteiger partial charge in [-0.2, -0.15) is 0 Å². The summed E-state index contributed by atoms with van der Waals surface area (Å²) in [7, 11) is 1.78. The molecule has 0 radical (unpaired) electrons. The van der Waals surface area contributed by atoms with Crippen LogP contribution in [-0.4, -0.2) is 23.1 Å². The number of ether oxygens (including phenoxy) is 1. The van der Waals surface area contributed by atoms with Crippen molar-refractivity contribution in [2.45, 2.75) is 64.0 Å². The summed E-state index contributed by atoms with van der Waals surface area (Å²) >= 11 is 0. The summed E-state index contributed by atoms with van der Waals surface area (Å²) in [6.45, 7) is 4.38. The van der Waals surface area contributed by atoms with Gasteiger partial charge in [0.2, 0.25) is 0 Å². The van der Waals surface area contributed by atoms with Gasteiger partial charge in [0.1, 0.15) is 5.60 Å². The van der Waals surface area contributed by atoms with Gasteiger partial charge >= 0.3 is 0 Å². The van der Waals surface area contributed by atoms with Crippen LogP contribution in [0.5, 0.6) is 0 Å². The summed E-state index contributed by atoms with van der Waals surface area (Å²) in [6, 6.07) is 2.13. The number of nitrogens with zero attached hydrogens (tertiary/aromatic N) is 2. The fourth-order valence-electron chi connectivity index (χ4n) is 3.13. The molecule has 2 rings (SSSR count). The molecule has 1 aliphatic rings. The first-order chi connectivity index (χ1) is 9.59. The zero-order valence-electron chi connectivity index (χ0n) is 12.9. The SMILES string of the molecule is CCC(N)Cc1ccnc(C2(OC)CCCC(C)C2)n1. The Hall–Kier alpha value is -1.00. The van der Waals surface area contributed by atoms with E-state index in [1.807, 2.05) is 12.3 Å². The number of nitrogens with two attached hydrogens (primary N) is 1. The van der Waals surface area contributed by atoms with Crippen LogP contribution < -0.4 is 5.73 Å². The molecule has 1 saturated carbocycles. The molecule has 20 heavy (non-hydrogen) atoms. The van der Waals surface area contributed by atoms with E-state index in [0.717, 1.165) is 37.2 Å². The maximum Gasteiger partial charge on any atom is 0.160 e. The Balaban J connectivity index is 2.23. The third-order valence-corrected chi connectivity index (χ3v) is 4.46. The number of hydrogen-bond acceptors (Lipinski definition) is 4. The molecule has 1 fully saturated rings. The molecule has 1 heterocycles. The van der Waals surface area contributed by atoms with Crippen LogP contribution in [0, 0.1) is 5.92 Å². The van der Waals surface area contributed by atoms with Crippen molar-refractivity contribution in [3.05, 3.63) is 23.8 Å². The summed E-state index contributed by atoms with van der Waals surface area (Å²) in [5, 5.41) is 0. The molecule has 0 spiro atoms. The number of hydrogen-bond donors (Lipinski definition) is 1. The minimum Gasteiger partial charge on any atom is -0.370 e. The number of methoxy groups -OCH3 is 1. The Kier molecular flexibility index (Phi) is 5.11. The van der Waals surface area contributed by atoms with Gasteiger partial charge < -0.3 is 10.5 Å². The van der Waals surface area contributed by atoms with E-state index in [-0.39, 0.29) is 11.6 Å². The van der Waals surface area contributed by atoms with Crippen LogP contribution in [0.2, 0.25) is 0 Å². The first-order valence-electron chi connectivity index (χ1n) is 7.72. The molecule has 3 unspecified atom stereocenters. The van der Waals surface area contributed by atoms with Gasteiger partial charge in [-0.05, 0) is 37.7 Å². The minimum atomic E-state index is -0.302. The normalized spacial score (nSPS) is 28.3. The topological polar surface area (TPSA) is 61.0 Å². The van der Waals surface area contributed by atoms with E-state index in [1.165, 1.54) is 12.8 Å². The molecule has 2 N–H and O–H groups in total. The molecule has 0 aromatic carbocycles. The molecule has 1 aromatic heterocycles. The fraction of sp³-hybridized carbons (Fsp3) is 0.750. The Morgan fingerprint density at radius 1 is 1.55 bits per heavy atom. The van der Waals surface area contributed by atoms with E-state index >= 15 is 0 Å². The highest BCUT2D eigenvalue weighted by Gasteiger charge is 2.39. The minimum absolute atomic E-state index is 0.168. The van der Waals surface area contributed by atoms with Crippen molar-refractivity contribution >= 4 is 0 Å². The lowest BCUT2D eigenvalue weighted by molar-refractivity contribution is -0.0647. The lowest BCUT2D eigenvalue weighted by Gasteiger charge is -2.37. The van der Waals surface area contributed by atoms with Crippen molar-refractivity contribution in [3.63, 3.8) is 0 Å². The van der Waals surface area contributed by atoms with Gasteiger partial charge in [-0.25, -0.2) is 9.97 Å². The predicted molar refractivity (Wildman–Crippen MR) is 80.3 cm³/mol. The Morgan fingerprint density at radius 2 is 2.35 bits per heavy atom. The monoisotopic (exact) mass is 277 g/mol. The van der Waals surface area contributed by atoms with E-state index in [0.29, 0.717) is 5.92 Å². The maximum atomic E-state index is 6.03. The highest BCUT2D eigenvalue weighted by Crippen LogP contribution is 2.40. The van der Waals surface area contributed by atoms with E-state index in [1.54, 1.807) is 7.11 Å². The van der Waals surface area contributed by atoms with Crippen LogP contribution in [-0.2, 0) is 16.8 Å². The average molecular weight is 277 g/mol. The smallest absolute Gasteiger partial charge is 0.160 e. The van der Waals surface area contributed by atoms with Gasteiger partial charge in [-0.15, -0.1) is 0 Å². The van der Waals surface area contributed by atoms with Gasteiger partial charge in [0.25, 0.3) is 0 Å². The van der Waals surface area contributed by atoms with Crippen LogP contribution in [0.4, 0.5) is 0 Å². The zero-order chi connectivity index (χ0) is 14.6. The van der Waals surface area contributed by atoms with Crippen molar-refractivity contribution < 1.29 is 4.74 Å². The second-order valence-electron chi connectivity index (χ2n) is 6.14. The van der Waals surface area contributed by atoms with Crippen LogP contribution in [0.1, 0.15) is 57.5 Å². The molecule has 4 heteroatoms. The van der Waals surface area contributed by atoms with E-state index in [2.05, 4.69) is 18.8 Å². The van der Waals surface area contributed by atoms with Gasteiger partial charge in [-0.3, -0.25) is 0 Å². The Morgan fingerprint density at radius 3 is 3.00 bits per heavy atom. The quantitative estimate of drug-likeness (QED) is 0.899. The van der Waals surface area contributed by atoms with Crippen LogP contribution in [0.15, 0.2) is 12.3 Å². The van der Waals surface area contributed by atoms with Crippen LogP contribution in [0.25, 0.3) is 0 Å². The van der Waals surface area contributed by atoms with Crippen molar-refractivity contribution in [2.75, 3.05) is 7.11 Å². The van der Waals surface area contributed by atoms with E-state index < -0.39 is 0 Å². The molecule has 0 amide bonds. The number of rotatable bonds is 5. The molecular formula is C16H27N3O. The first-order valence-corrected chi connectivity index (χ1v) is 7.72. The zero-order valence-corrected chi connectivity index (χ0v) is 12.9. The fourth-order valence-corrected chi connectivity index (χ4v) is 3.13. The first kappa shape index (κ1) is 15.4. The molecule has 0 saturated heterocycles. The Labute approximate surface area is 122 Å². The summed E-state index contributed by atoms with van der Waals surface area (Å²) in [4.78, 5) is 9.24. The molecule has 112 valence electrons. The predicted octanol–water partition coefficient (Wildman–Crippen LogP) is 2.81. The average Bonchev–Trinajstić information content (AvgIpc) is 2.47. The summed E-state index contributed by atoms with van der Waals surface area (Å²) in [5.74, 6) is 1.50. The van der Waals surface area contributed by atoms with Crippen molar-refractivity contribution in [1.29, 1.82) is 0 Å². The van der Waals surface area contributed by atoms with Gasteiger partial charge in [-0.1, -0.05) is 20.3 Å². The summed E-state index contributed by atoms with van der Waals surface area (Å²) in [5.41, 5.74) is 6.75. The van der Waals surface area contributed by atoms with Gasteiger partial charge in [0.05, 0.1) is 0 Å². The van der Waals surface area contributed by atoms with Crippen molar-refractivity contribution in [3.8, 4) is 0 Å². The highest BCUT2D eigenvalue weighted by molar-refractivity contribution is 5.11. The largest absolute Gasteiger partial charge is 0.370 e. The molecule has 1 aromatic rings. The standard InChI is InChI=1S/C16H27N3O/c1-4-13(17)10-14-7-9-18-15(19-14)16(20-3)8-5-6-12(2)11-16/h7,9,12-13H,4-6,8,10-11,17H2,1-3H3. The van der Waals surface area contributed by atoms with Crippen molar-refractivity contribution in [2.24, 2.45) is 11.7 Å². The summed E-state index contributed by atoms with van der Waals surface area (Å²) in [6.07, 6.45) is 8.08. The summed E-state index contributed by atoms with van der Waals surface area (Å²) < 4.78 is 5.87. The maximum absolute atomic E-state index is 6.03. The molecule has 1 aliphatic carbocycles. The second kappa shape index (κ2) is 6.64. The van der Waals surface area contributed by atoms with Crippen molar-refractivity contribution in [1.82, 2.24) is 9.97 Å². The molecular weight excluding hydrogens is 250 g/mol. The van der Waals surface area contributed by atoms with Gasteiger partial charge in [0.15, 0.2) is 5.82 Å². The molecule has 0 bridgehead atoms.